The number of amides is 1. The molecule has 0 saturated heterocycles. The van der Waals surface area contributed by atoms with E-state index in [0.717, 1.165) is 22.6 Å². The predicted molar refractivity (Wildman–Crippen MR) is 128 cm³/mol. The lowest BCUT2D eigenvalue weighted by Gasteiger charge is -2.14. The number of ether oxygens (including phenoxy) is 1. The van der Waals surface area contributed by atoms with Crippen LogP contribution in [0.25, 0.3) is 0 Å². The van der Waals surface area contributed by atoms with E-state index in [1.807, 2.05) is 60.7 Å². The van der Waals surface area contributed by atoms with Crippen molar-refractivity contribution in [2.45, 2.75) is 27.0 Å². The molecule has 0 spiro atoms. The molecule has 4 nitrogen and oxygen atoms in total. The summed E-state index contributed by atoms with van der Waals surface area (Å²) in [6, 6.07) is 20.6. The van der Waals surface area contributed by atoms with Crippen molar-refractivity contribution in [3.63, 3.8) is 0 Å². The second kappa shape index (κ2) is 11.1. The average molecular weight is 457 g/mol. The monoisotopic (exact) mass is 456 g/mol. The van der Waals surface area contributed by atoms with E-state index in [0.29, 0.717) is 41.2 Å². The minimum atomic E-state index is -0.0768. The van der Waals surface area contributed by atoms with Gasteiger partial charge in [-0.05, 0) is 60.0 Å². The number of anilines is 1. The number of halogens is 2. The highest BCUT2D eigenvalue weighted by atomic mass is 35.5. The normalized spacial score (nSPS) is 10.7. The van der Waals surface area contributed by atoms with Gasteiger partial charge < -0.3 is 15.4 Å². The van der Waals surface area contributed by atoms with E-state index < -0.39 is 0 Å². The summed E-state index contributed by atoms with van der Waals surface area (Å²) in [6.07, 6.45) is 0. The standard InChI is InChI=1S/C25H26Cl2N2O2/c1-17(2)14-29-25(30)19-4-3-5-23(13-19)28-15-20-12-22(27)10-11-24(20)31-16-18-6-8-21(26)9-7-18/h3-13,17,28H,14-16H2,1-2H3,(H,29,30). The molecule has 0 saturated carbocycles. The number of carbonyl (C=O) groups excluding carboxylic acids is 1. The molecule has 0 unspecified atom stereocenters. The summed E-state index contributed by atoms with van der Waals surface area (Å²) in [4.78, 5) is 12.3. The Labute approximate surface area is 193 Å². The first-order valence-corrected chi connectivity index (χ1v) is 10.9. The second-order valence-corrected chi connectivity index (χ2v) is 8.58. The van der Waals surface area contributed by atoms with Crippen LogP contribution in [0.5, 0.6) is 5.75 Å². The summed E-state index contributed by atoms with van der Waals surface area (Å²) >= 11 is 12.2. The van der Waals surface area contributed by atoms with Gasteiger partial charge in [-0.1, -0.05) is 55.2 Å². The van der Waals surface area contributed by atoms with E-state index in [1.54, 1.807) is 6.07 Å². The van der Waals surface area contributed by atoms with E-state index >= 15 is 0 Å². The maximum Gasteiger partial charge on any atom is 0.251 e. The Morgan fingerprint density at radius 3 is 2.45 bits per heavy atom. The first kappa shape index (κ1) is 23.0. The molecule has 31 heavy (non-hydrogen) atoms. The smallest absolute Gasteiger partial charge is 0.251 e. The molecule has 3 aromatic carbocycles. The number of hydrogen-bond donors (Lipinski definition) is 2. The summed E-state index contributed by atoms with van der Waals surface area (Å²) < 4.78 is 6.02. The van der Waals surface area contributed by atoms with Crippen LogP contribution >= 0.6 is 23.2 Å². The van der Waals surface area contributed by atoms with Crippen LogP contribution in [0.1, 0.15) is 35.3 Å². The predicted octanol–water partition coefficient (Wildman–Crippen LogP) is 6.57. The fraction of sp³-hybridized carbons (Fsp3) is 0.240. The van der Waals surface area contributed by atoms with Gasteiger partial charge in [0.05, 0.1) is 0 Å². The van der Waals surface area contributed by atoms with Crippen molar-refractivity contribution in [2.75, 3.05) is 11.9 Å². The van der Waals surface area contributed by atoms with Gasteiger partial charge >= 0.3 is 0 Å². The first-order valence-electron chi connectivity index (χ1n) is 10.2. The van der Waals surface area contributed by atoms with E-state index in [4.69, 9.17) is 27.9 Å². The van der Waals surface area contributed by atoms with E-state index in [9.17, 15) is 4.79 Å². The molecule has 1 amide bonds. The summed E-state index contributed by atoms with van der Waals surface area (Å²) in [5, 5.41) is 7.63. The van der Waals surface area contributed by atoms with Crippen LogP contribution < -0.4 is 15.4 Å². The van der Waals surface area contributed by atoms with Crippen LogP contribution in [-0.2, 0) is 13.2 Å². The minimum absolute atomic E-state index is 0.0768. The van der Waals surface area contributed by atoms with Crippen molar-refractivity contribution < 1.29 is 9.53 Å². The Morgan fingerprint density at radius 2 is 1.71 bits per heavy atom. The lowest BCUT2D eigenvalue weighted by Crippen LogP contribution is -2.27. The highest BCUT2D eigenvalue weighted by Crippen LogP contribution is 2.25. The van der Waals surface area contributed by atoms with Crippen LogP contribution in [0.15, 0.2) is 66.7 Å². The second-order valence-electron chi connectivity index (χ2n) is 7.71. The zero-order valence-electron chi connectivity index (χ0n) is 17.6. The summed E-state index contributed by atoms with van der Waals surface area (Å²) in [5.74, 6) is 1.07. The van der Waals surface area contributed by atoms with Gasteiger partial charge in [0.1, 0.15) is 12.4 Å². The number of nitrogens with one attached hydrogen (secondary N) is 2. The van der Waals surface area contributed by atoms with E-state index in [2.05, 4.69) is 24.5 Å². The maximum absolute atomic E-state index is 12.3. The Kier molecular flexibility index (Phi) is 8.21. The minimum Gasteiger partial charge on any atom is -0.489 e. The summed E-state index contributed by atoms with van der Waals surface area (Å²) in [6.45, 7) is 5.71. The van der Waals surface area contributed by atoms with Crippen molar-refractivity contribution in [3.8, 4) is 5.75 Å². The quantitative estimate of drug-likeness (QED) is 0.382. The maximum atomic E-state index is 12.3. The Bertz CT molecular complexity index is 1020. The van der Waals surface area contributed by atoms with E-state index in [-0.39, 0.29) is 5.91 Å². The van der Waals surface area contributed by atoms with Crippen LogP contribution in [0.2, 0.25) is 10.0 Å². The van der Waals surface area contributed by atoms with Gasteiger partial charge in [-0.3, -0.25) is 4.79 Å². The average Bonchev–Trinajstić information content (AvgIpc) is 2.76. The number of carbonyl (C=O) groups is 1. The molecule has 0 bridgehead atoms. The lowest BCUT2D eigenvalue weighted by molar-refractivity contribution is 0.0949. The SMILES string of the molecule is CC(C)CNC(=O)c1cccc(NCc2cc(Cl)ccc2OCc2ccc(Cl)cc2)c1. The molecule has 0 atom stereocenters. The molecular weight excluding hydrogens is 431 g/mol. The molecule has 3 aromatic rings. The molecule has 0 aliphatic carbocycles. The third-order valence-corrected chi connectivity index (χ3v) is 5.10. The van der Waals surface area contributed by atoms with Gasteiger partial charge in [-0.25, -0.2) is 0 Å². The summed E-state index contributed by atoms with van der Waals surface area (Å²) in [5.41, 5.74) is 3.42. The third kappa shape index (κ3) is 7.20. The van der Waals surface area contributed by atoms with Gasteiger partial charge in [0.2, 0.25) is 0 Å². The fourth-order valence-corrected chi connectivity index (χ4v) is 3.26. The molecule has 0 aliphatic rings. The Morgan fingerprint density at radius 1 is 0.968 bits per heavy atom. The highest BCUT2D eigenvalue weighted by Gasteiger charge is 2.09. The Balaban J connectivity index is 1.66. The molecule has 0 radical (unpaired) electrons. The topological polar surface area (TPSA) is 50.4 Å². The number of hydrogen-bond acceptors (Lipinski definition) is 3. The van der Waals surface area contributed by atoms with Gasteiger partial charge in [0.15, 0.2) is 0 Å². The molecule has 0 heterocycles. The van der Waals surface area contributed by atoms with Crippen molar-refractivity contribution in [1.82, 2.24) is 5.32 Å². The van der Waals surface area contributed by atoms with Gasteiger partial charge in [-0.2, -0.15) is 0 Å². The van der Waals surface area contributed by atoms with Crippen molar-refractivity contribution in [3.05, 3.63) is 93.5 Å². The Hall–Kier alpha value is -2.69. The van der Waals surface area contributed by atoms with Crippen LogP contribution in [-0.4, -0.2) is 12.5 Å². The zero-order chi connectivity index (χ0) is 22.2. The number of rotatable bonds is 9. The van der Waals surface area contributed by atoms with Crippen LogP contribution in [0, 0.1) is 5.92 Å². The zero-order valence-corrected chi connectivity index (χ0v) is 19.1. The lowest BCUT2D eigenvalue weighted by atomic mass is 10.1. The summed E-state index contributed by atoms with van der Waals surface area (Å²) in [7, 11) is 0. The third-order valence-electron chi connectivity index (χ3n) is 4.61. The van der Waals surface area contributed by atoms with Crippen molar-refractivity contribution in [1.29, 1.82) is 0 Å². The molecule has 162 valence electrons. The molecule has 0 fully saturated rings. The van der Waals surface area contributed by atoms with E-state index in [1.165, 1.54) is 0 Å². The van der Waals surface area contributed by atoms with Gasteiger partial charge in [0.25, 0.3) is 5.91 Å². The molecule has 6 heteroatoms. The molecule has 2 N–H and O–H groups in total. The molecule has 3 rings (SSSR count). The van der Waals surface area contributed by atoms with Crippen molar-refractivity contribution >= 4 is 34.8 Å². The largest absolute Gasteiger partial charge is 0.489 e. The first-order chi connectivity index (χ1) is 14.9. The van der Waals surface area contributed by atoms with Crippen LogP contribution in [0.4, 0.5) is 5.69 Å². The fourth-order valence-electron chi connectivity index (χ4n) is 2.94. The highest BCUT2D eigenvalue weighted by molar-refractivity contribution is 6.30. The molecule has 0 aromatic heterocycles. The van der Waals surface area contributed by atoms with Gasteiger partial charge in [0, 0.05) is 39.9 Å². The molecular formula is C25H26Cl2N2O2. The number of benzene rings is 3. The van der Waals surface area contributed by atoms with Crippen molar-refractivity contribution in [2.24, 2.45) is 5.92 Å². The van der Waals surface area contributed by atoms with Crippen LogP contribution in [0.3, 0.4) is 0 Å². The molecule has 0 aliphatic heterocycles. The van der Waals surface area contributed by atoms with Gasteiger partial charge in [-0.15, -0.1) is 0 Å².